The predicted molar refractivity (Wildman–Crippen MR) is 120 cm³/mol. The Morgan fingerprint density at radius 1 is 0.879 bits per heavy atom. The van der Waals surface area contributed by atoms with Gasteiger partial charge in [-0.15, -0.1) is 0 Å². The number of nitro groups is 3. The van der Waals surface area contributed by atoms with E-state index < -0.39 is 26.1 Å². The molecule has 0 bridgehead atoms. The highest BCUT2D eigenvalue weighted by Crippen LogP contribution is 2.29. The van der Waals surface area contributed by atoms with E-state index in [1.807, 2.05) is 0 Å². The van der Waals surface area contributed by atoms with Crippen molar-refractivity contribution < 1.29 is 19.5 Å². The van der Waals surface area contributed by atoms with E-state index in [-0.39, 0.29) is 23.0 Å². The lowest BCUT2D eigenvalue weighted by atomic mass is 10.2. The monoisotopic (exact) mass is 471 g/mol. The van der Waals surface area contributed by atoms with Crippen LogP contribution in [0.15, 0.2) is 65.8 Å². The van der Waals surface area contributed by atoms with Crippen LogP contribution < -0.4 is 10.2 Å². The van der Waals surface area contributed by atoms with E-state index in [2.05, 4.69) is 10.5 Å². The number of non-ortho nitro benzene ring substituents is 2. The Balaban J connectivity index is 1.65. The Hall–Kier alpha value is -4.58. The molecule has 0 unspecified atom stereocenters. The van der Waals surface area contributed by atoms with Crippen LogP contribution >= 0.6 is 11.6 Å². The lowest BCUT2D eigenvalue weighted by Crippen LogP contribution is -1.99. The van der Waals surface area contributed by atoms with Gasteiger partial charge in [-0.25, -0.2) is 0 Å². The standard InChI is InChI=1S/C20H14ClN5O7/c21-17-9-14(3-8-20(17)33-12-13-1-4-15(5-2-13)24(27)28)11-22-23-18-7-6-16(25(29)30)10-19(18)26(31)32/h1-11,23H,12H2/b22-11+. The maximum Gasteiger partial charge on any atom is 0.301 e. The Bertz CT molecular complexity index is 1250. The van der Waals surface area contributed by atoms with E-state index in [0.29, 0.717) is 11.3 Å². The molecular formula is C20H14ClN5O7. The lowest BCUT2D eigenvalue weighted by molar-refractivity contribution is -0.393. The van der Waals surface area contributed by atoms with E-state index in [1.165, 1.54) is 24.4 Å². The molecule has 0 aliphatic heterocycles. The fraction of sp³-hybridized carbons (Fsp3) is 0.0500. The van der Waals surface area contributed by atoms with Crippen molar-refractivity contribution in [2.75, 3.05) is 5.43 Å². The number of halogens is 1. The average Bonchev–Trinajstić information content (AvgIpc) is 2.78. The Kier molecular flexibility index (Phi) is 7.10. The minimum Gasteiger partial charge on any atom is -0.487 e. The third kappa shape index (κ3) is 5.98. The number of nitro benzene ring substituents is 3. The zero-order valence-corrected chi connectivity index (χ0v) is 17.3. The van der Waals surface area contributed by atoms with Crippen molar-refractivity contribution in [1.29, 1.82) is 0 Å². The number of hydrogen-bond donors (Lipinski definition) is 1. The molecular weight excluding hydrogens is 458 g/mol. The van der Waals surface area contributed by atoms with Crippen molar-refractivity contribution in [3.63, 3.8) is 0 Å². The van der Waals surface area contributed by atoms with Crippen LogP contribution in [0.3, 0.4) is 0 Å². The average molecular weight is 472 g/mol. The van der Waals surface area contributed by atoms with Gasteiger partial charge in [0.25, 0.3) is 11.4 Å². The van der Waals surface area contributed by atoms with Crippen LogP contribution in [0.1, 0.15) is 11.1 Å². The SMILES string of the molecule is O=[N+]([O-])c1ccc(COc2ccc(/C=N/Nc3ccc([N+](=O)[O-])cc3[N+](=O)[O-])cc2Cl)cc1. The fourth-order valence-electron chi connectivity index (χ4n) is 2.64. The first-order chi connectivity index (χ1) is 15.7. The molecule has 168 valence electrons. The minimum absolute atomic E-state index is 0.0176. The molecule has 0 aliphatic rings. The van der Waals surface area contributed by atoms with Crippen molar-refractivity contribution in [1.82, 2.24) is 0 Å². The normalized spacial score (nSPS) is 10.7. The molecule has 0 aliphatic carbocycles. The number of ether oxygens (including phenoxy) is 1. The second kappa shape index (κ2) is 10.2. The first-order valence-corrected chi connectivity index (χ1v) is 9.50. The van der Waals surface area contributed by atoms with Gasteiger partial charge in [-0.3, -0.25) is 35.8 Å². The van der Waals surface area contributed by atoms with Gasteiger partial charge in [0.1, 0.15) is 18.0 Å². The van der Waals surface area contributed by atoms with Gasteiger partial charge < -0.3 is 4.74 Å². The van der Waals surface area contributed by atoms with E-state index >= 15 is 0 Å². The first-order valence-electron chi connectivity index (χ1n) is 9.12. The number of hydrogen-bond acceptors (Lipinski definition) is 9. The molecule has 13 heteroatoms. The van der Waals surface area contributed by atoms with Gasteiger partial charge in [0.05, 0.1) is 32.1 Å². The van der Waals surface area contributed by atoms with Crippen LogP contribution in [0.4, 0.5) is 22.7 Å². The van der Waals surface area contributed by atoms with Crippen LogP contribution in [-0.2, 0) is 6.61 Å². The number of rotatable bonds is 9. The Labute approximate surface area is 190 Å². The number of hydrazone groups is 1. The van der Waals surface area contributed by atoms with Crippen LogP contribution in [0.2, 0.25) is 5.02 Å². The second-order valence-corrected chi connectivity index (χ2v) is 6.89. The van der Waals surface area contributed by atoms with Crippen molar-refractivity contribution in [3.05, 3.63) is 107 Å². The molecule has 0 amide bonds. The molecule has 0 saturated carbocycles. The number of anilines is 1. The van der Waals surface area contributed by atoms with Gasteiger partial charge >= 0.3 is 5.69 Å². The summed E-state index contributed by atoms with van der Waals surface area (Å²) >= 11 is 6.22. The first kappa shape index (κ1) is 23.1. The highest BCUT2D eigenvalue weighted by Gasteiger charge is 2.19. The summed E-state index contributed by atoms with van der Waals surface area (Å²) in [6.07, 6.45) is 1.36. The van der Waals surface area contributed by atoms with Crippen LogP contribution in [0.25, 0.3) is 0 Å². The molecule has 12 nitrogen and oxygen atoms in total. The lowest BCUT2D eigenvalue weighted by Gasteiger charge is -2.08. The highest BCUT2D eigenvalue weighted by molar-refractivity contribution is 6.32. The molecule has 0 atom stereocenters. The van der Waals surface area contributed by atoms with Crippen LogP contribution in [0, 0.1) is 30.3 Å². The maximum atomic E-state index is 11.2. The topological polar surface area (TPSA) is 163 Å². The van der Waals surface area contributed by atoms with Crippen molar-refractivity contribution in [2.24, 2.45) is 5.10 Å². The van der Waals surface area contributed by atoms with Crippen molar-refractivity contribution in [2.45, 2.75) is 6.61 Å². The zero-order chi connectivity index (χ0) is 24.0. The predicted octanol–water partition coefficient (Wildman–Crippen LogP) is 5.09. The van der Waals surface area contributed by atoms with Gasteiger partial charge in [0.15, 0.2) is 0 Å². The number of nitrogens with zero attached hydrogens (tertiary/aromatic N) is 4. The quantitative estimate of drug-likeness (QED) is 0.256. The maximum absolute atomic E-state index is 11.2. The molecule has 33 heavy (non-hydrogen) atoms. The summed E-state index contributed by atoms with van der Waals surface area (Å²) in [6, 6.07) is 13.9. The molecule has 0 spiro atoms. The number of benzene rings is 3. The van der Waals surface area contributed by atoms with Crippen molar-refractivity contribution in [3.8, 4) is 5.75 Å². The third-order valence-electron chi connectivity index (χ3n) is 4.28. The number of nitrogens with one attached hydrogen (secondary N) is 1. The molecule has 3 rings (SSSR count). The van der Waals surface area contributed by atoms with Crippen LogP contribution in [0.5, 0.6) is 5.75 Å². The summed E-state index contributed by atoms with van der Waals surface area (Å²) in [4.78, 5) is 30.7. The van der Waals surface area contributed by atoms with Gasteiger partial charge in [0.2, 0.25) is 0 Å². The molecule has 0 saturated heterocycles. The van der Waals surface area contributed by atoms with Gasteiger partial charge in [-0.2, -0.15) is 5.10 Å². The molecule has 3 aromatic rings. The summed E-state index contributed by atoms with van der Waals surface area (Å²) in [6.45, 7) is 0.149. The van der Waals surface area contributed by atoms with E-state index in [9.17, 15) is 30.3 Å². The molecule has 0 heterocycles. The smallest absolute Gasteiger partial charge is 0.301 e. The highest BCUT2D eigenvalue weighted by atomic mass is 35.5. The summed E-state index contributed by atoms with van der Waals surface area (Å²) in [7, 11) is 0. The van der Waals surface area contributed by atoms with Gasteiger partial charge in [-0.05, 0) is 47.5 Å². The van der Waals surface area contributed by atoms with E-state index in [4.69, 9.17) is 16.3 Å². The Morgan fingerprint density at radius 2 is 1.55 bits per heavy atom. The molecule has 1 N–H and O–H groups in total. The van der Waals surface area contributed by atoms with Gasteiger partial charge in [-0.1, -0.05) is 11.6 Å². The summed E-state index contributed by atoms with van der Waals surface area (Å²) in [5.41, 5.74) is 2.82. The molecule has 3 aromatic carbocycles. The Morgan fingerprint density at radius 3 is 2.15 bits per heavy atom. The minimum atomic E-state index is -0.751. The van der Waals surface area contributed by atoms with Crippen molar-refractivity contribution >= 4 is 40.6 Å². The summed E-state index contributed by atoms with van der Waals surface area (Å²) in [5.74, 6) is 0.381. The summed E-state index contributed by atoms with van der Waals surface area (Å²) < 4.78 is 5.63. The zero-order valence-electron chi connectivity index (χ0n) is 16.6. The van der Waals surface area contributed by atoms with E-state index in [0.717, 1.165) is 17.7 Å². The third-order valence-corrected chi connectivity index (χ3v) is 4.58. The van der Waals surface area contributed by atoms with Gasteiger partial charge in [0, 0.05) is 18.2 Å². The molecule has 0 aromatic heterocycles. The van der Waals surface area contributed by atoms with E-state index in [1.54, 1.807) is 30.3 Å². The summed E-state index contributed by atoms with van der Waals surface area (Å²) in [5, 5.41) is 36.8. The van der Waals surface area contributed by atoms with Crippen LogP contribution in [-0.4, -0.2) is 21.0 Å². The fourth-order valence-corrected chi connectivity index (χ4v) is 2.89. The molecule has 0 radical (unpaired) electrons. The molecule has 0 fully saturated rings. The largest absolute Gasteiger partial charge is 0.487 e. The second-order valence-electron chi connectivity index (χ2n) is 6.49.